The maximum atomic E-state index is 11.7. The number of aryl methyl sites for hydroxylation is 1. The predicted molar refractivity (Wildman–Crippen MR) is 119 cm³/mol. The summed E-state index contributed by atoms with van der Waals surface area (Å²) in [6.07, 6.45) is 5.41. The Morgan fingerprint density at radius 3 is 2.66 bits per heavy atom. The van der Waals surface area contributed by atoms with Crippen LogP contribution in [0, 0.1) is 11.8 Å². The molecular formula is C25H30O3S. The monoisotopic (exact) mass is 410 g/mol. The molecule has 0 fully saturated rings. The van der Waals surface area contributed by atoms with Crippen LogP contribution in [0.4, 0.5) is 0 Å². The normalized spacial score (nSPS) is 14.3. The van der Waals surface area contributed by atoms with Gasteiger partial charge < -0.3 is 9.47 Å². The van der Waals surface area contributed by atoms with Gasteiger partial charge in [-0.25, -0.2) is 0 Å². The summed E-state index contributed by atoms with van der Waals surface area (Å²) in [5.74, 6) is 7.48. The average molecular weight is 411 g/mol. The van der Waals surface area contributed by atoms with Crippen molar-refractivity contribution in [3.63, 3.8) is 0 Å². The van der Waals surface area contributed by atoms with Crippen molar-refractivity contribution in [3.05, 3.63) is 45.8 Å². The van der Waals surface area contributed by atoms with Crippen molar-refractivity contribution in [2.75, 3.05) is 6.61 Å². The van der Waals surface area contributed by atoms with E-state index >= 15 is 0 Å². The van der Waals surface area contributed by atoms with Crippen molar-refractivity contribution in [2.45, 2.75) is 71.6 Å². The lowest BCUT2D eigenvalue weighted by Gasteiger charge is -2.38. The Balaban J connectivity index is 1.91. The molecule has 3 rings (SSSR count). The Kier molecular flexibility index (Phi) is 7.03. The van der Waals surface area contributed by atoms with Crippen molar-refractivity contribution in [3.8, 4) is 22.7 Å². The maximum Gasteiger partial charge on any atom is 0.311 e. The Bertz CT molecular complexity index is 925. The molecule has 1 aliphatic heterocycles. The highest BCUT2D eigenvalue weighted by Gasteiger charge is 2.35. The van der Waals surface area contributed by atoms with E-state index in [1.165, 1.54) is 22.5 Å². The second-order valence-electron chi connectivity index (χ2n) is 7.54. The van der Waals surface area contributed by atoms with Gasteiger partial charge in [0.1, 0.15) is 5.75 Å². The smallest absolute Gasteiger partial charge is 0.311 e. The van der Waals surface area contributed by atoms with Gasteiger partial charge in [0.2, 0.25) is 0 Å². The van der Waals surface area contributed by atoms with E-state index in [0.717, 1.165) is 54.9 Å². The van der Waals surface area contributed by atoms with E-state index < -0.39 is 0 Å². The van der Waals surface area contributed by atoms with E-state index in [-0.39, 0.29) is 11.4 Å². The van der Waals surface area contributed by atoms with Gasteiger partial charge in [-0.15, -0.1) is 0 Å². The van der Waals surface area contributed by atoms with Gasteiger partial charge in [-0.3, -0.25) is 4.79 Å². The molecule has 0 N–H and O–H groups in total. The molecule has 1 aliphatic rings. The number of carbonyl (C=O) groups is 1. The third-order valence-corrected chi connectivity index (χ3v) is 6.80. The highest BCUT2D eigenvalue weighted by molar-refractivity contribution is 7.14. The lowest BCUT2D eigenvalue weighted by molar-refractivity contribution is -0.134. The summed E-state index contributed by atoms with van der Waals surface area (Å²) in [5.41, 5.74) is 3.77. The number of benzene rings is 1. The summed E-state index contributed by atoms with van der Waals surface area (Å²) >= 11 is 1.42. The van der Waals surface area contributed by atoms with E-state index in [1.807, 2.05) is 19.1 Å². The molecule has 1 aromatic heterocycles. The number of hydrogen-bond acceptors (Lipinski definition) is 4. The number of fused-ring (bicyclic) bond motifs is 1. The quantitative estimate of drug-likeness (QED) is 0.417. The zero-order chi connectivity index (χ0) is 20.9. The second kappa shape index (κ2) is 9.50. The second-order valence-corrected chi connectivity index (χ2v) is 8.58. The SMILES string of the molecule is CCCC(=O)Oc1ccc(C#Cc2cc3c(cc2CC)OCCC3(CC)CC)s1. The van der Waals surface area contributed by atoms with Crippen LogP contribution in [0.3, 0.4) is 0 Å². The van der Waals surface area contributed by atoms with Crippen LogP contribution in [-0.2, 0) is 16.6 Å². The number of hydrogen-bond donors (Lipinski definition) is 0. The molecule has 1 aromatic carbocycles. The van der Waals surface area contributed by atoms with Crippen molar-refractivity contribution in [1.82, 2.24) is 0 Å². The highest BCUT2D eigenvalue weighted by Crippen LogP contribution is 2.44. The van der Waals surface area contributed by atoms with Crippen LogP contribution in [-0.4, -0.2) is 12.6 Å². The van der Waals surface area contributed by atoms with Gasteiger partial charge in [-0.2, -0.15) is 0 Å². The van der Waals surface area contributed by atoms with Crippen molar-refractivity contribution >= 4 is 17.3 Å². The third kappa shape index (κ3) is 4.67. The first-order valence-electron chi connectivity index (χ1n) is 10.7. The molecule has 29 heavy (non-hydrogen) atoms. The molecule has 0 unspecified atom stereocenters. The molecule has 0 saturated heterocycles. The molecule has 4 heteroatoms. The molecule has 0 saturated carbocycles. The van der Waals surface area contributed by atoms with E-state index in [1.54, 1.807) is 0 Å². The Morgan fingerprint density at radius 2 is 1.97 bits per heavy atom. The molecule has 3 nitrogen and oxygen atoms in total. The topological polar surface area (TPSA) is 35.5 Å². The minimum atomic E-state index is -0.188. The lowest BCUT2D eigenvalue weighted by atomic mass is 9.71. The molecule has 2 aromatic rings. The van der Waals surface area contributed by atoms with Crippen molar-refractivity contribution in [2.24, 2.45) is 0 Å². The maximum absolute atomic E-state index is 11.7. The van der Waals surface area contributed by atoms with Crippen LogP contribution >= 0.6 is 11.3 Å². The summed E-state index contributed by atoms with van der Waals surface area (Å²) in [7, 11) is 0. The minimum Gasteiger partial charge on any atom is -0.493 e. The Morgan fingerprint density at radius 1 is 1.17 bits per heavy atom. The van der Waals surface area contributed by atoms with E-state index in [0.29, 0.717) is 11.5 Å². The molecule has 154 valence electrons. The van der Waals surface area contributed by atoms with Gasteiger partial charge in [0.25, 0.3) is 0 Å². The molecule has 0 radical (unpaired) electrons. The van der Waals surface area contributed by atoms with Gasteiger partial charge in [-0.1, -0.05) is 50.9 Å². The number of rotatable bonds is 6. The molecule has 0 atom stereocenters. The van der Waals surface area contributed by atoms with E-state index in [4.69, 9.17) is 9.47 Å². The molecule has 0 amide bonds. The van der Waals surface area contributed by atoms with Crippen LogP contribution in [0.1, 0.15) is 81.4 Å². The van der Waals surface area contributed by atoms with Crippen molar-refractivity contribution in [1.29, 1.82) is 0 Å². The summed E-state index contributed by atoms with van der Waals surface area (Å²) in [4.78, 5) is 12.6. The number of ether oxygens (including phenoxy) is 2. The van der Waals surface area contributed by atoms with Crippen molar-refractivity contribution < 1.29 is 14.3 Å². The fourth-order valence-corrected chi connectivity index (χ4v) is 4.70. The van der Waals surface area contributed by atoms with Gasteiger partial charge in [0.15, 0.2) is 5.06 Å². The minimum absolute atomic E-state index is 0.180. The number of esters is 1. The number of thiophene rings is 1. The summed E-state index contributed by atoms with van der Waals surface area (Å²) in [5, 5.41) is 0.610. The molecular weight excluding hydrogens is 380 g/mol. The first-order valence-corrected chi connectivity index (χ1v) is 11.5. The average Bonchev–Trinajstić information content (AvgIpc) is 3.18. The predicted octanol–water partition coefficient (Wildman–Crippen LogP) is 6.26. The Hall–Kier alpha value is -2.25. The first-order chi connectivity index (χ1) is 14.0. The van der Waals surface area contributed by atoms with Gasteiger partial charge in [0, 0.05) is 23.0 Å². The van der Waals surface area contributed by atoms with Crippen LogP contribution < -0.4 is 9.47 Å². The van der Waals surface area contributed by atoms with E-state index in [9.17, 15) is 4.79 Å². The zero-order valence-electron chi connectivity index (χ0n) is 17.9. The number of carbonyl (C=O) groups excluding carboxylic acids is 1. The van der Waals surface area contributed by atoms with Gasteiger partial charge in [0.05, 0.1) is 11.5 Å². The standard InChI is InChI=1S/C25H30O3S/c1-5-9-23(26)28-24-13-12-20(29-24)11-10-19-16-21-22(17-18(19)6-2)27-15-14-25(21,7-3)8-4/h12-13,16-17H,5-9,14-15H2,1-4H3. The fourth-order valence-electron chi connectivity index (χ4n) is 3.98. The van der Waals surface area contributed by atoms with Gasteiger partial charge >= 0.3 is 5.97 Å². The van der Waals surface area contributed by atoms with E-state index in [2.05, 4.69) is 44.7 Å². The molecule has 0 aliphatic carbocycles. The van der Waals surface area contributed by atoms with Crippen LogP contribution in [0.2, 0.25) is 0 Å². The third-order valence-electron chi connectivity index (χ3n) is 5.92. The van der Waals surface area contributed by atoms with Crippen LogP contribution in [0.15, 0.2) is 24.3 Å². The van der Waals surface area contributed by atoms with Crippen LogP contribution in [0.25, 0.3) is 0 Å². The molecule has 0 spiro atoms. The fraction of sp³-hybridized carbons (Fsp3) is 0.480. The van der Waals surface area contributed by atoms with Crippen LogP contribution in [0.5, 0.6) is 10.8 Å². The summed E-state index contributed by atoms with van der Waals surface area (Å²) in [6.45, 7) is 9.44. The summed E-state index contributed by atoms with van der Waals surface area (Å²) < 4.78 is 11.4. The molecule has 2 heterocycles. The first kappa shape index (κ1) is 21.5. The largest absolute Gasteiger partial charge is 0.493 e. The Labute approximate surface area is 178 Å². The summed E-state index contributed by atoms with van der Waals surface area (Å²) in [6, 6.07) is 8.18. The lowest BCUT2D eigenvalue weighted by Crippen LogP contribution is -2.32. The molecule has 0 bridgehead atoms. The highest BCUT2D eigenvalue weighted by atomic mass is 32.1. The zero-order valence-corrected chi connectivity index (χ0v) is 18.7. The van der Waals surface area contributed by atoms with Gasteiger partial charge in [-0.05, 0) is 61.9 Å².